The van der Waals surface area contributed by atoms with Crippen molar-refractivity contribution in [3.63, 3.8) is 0 Å². The molecule has 0 fully saturated rings. The van der Waals surface area contributed by atoms with Gasteiger partial charge in [0.1, 0.15) is 11.6 Å². The lowest BCUT2D eigenvalue weighted by Crippen LogP contribution is -2.56. The number of rotatable bonds is 6. The zero-order valence-corrected chi connectivity index (χ0v) is 16.3. The summed E-state index contributed by atoms with van der Waals surface area (Å²) in [7, 11) is 2.98. The first-order valence-electron chi connectivity index (χ1n) is 7.99. The highest BCUT2D eigenvalue weighted by molar-refractivity contribution is 5.91. The van der Waals surface area contributed by atoms with Gasteiger partial charge in [-0.15, -0.1) is 0 Å². The normalized spacial score (nSPS) is 14.6. The first-order valence-corrected chi connectivity index (χ1v) is 7.99. The molecule has 0 aromatic rings. The Hall–Kier alpha value is -1.63. The van der Waals surface area contributed by atoms with E-state index in [4.69, 9.17) is 4.74 Å². The lowest BCUT2D eigenvalue weighted by Gasteiger charge is -2.39. The summed E-state index contributed by atoms with van der Waals surface area (Å²) in [6.45, 7) is 11.4. The Morgan fingerprint density at radius 1 is 1.04 bits per heavy atom. The largest absolute Gasteiger partial charge is 0.444 e. The second kappa shape index (κ2) is 7.96. The van der Waals surface area contributed by atoms with Crippen molar-refractivity contribution >= 4 is 17.8 Å². The summed E-state index contributed by atoms with van der Waals surface area (Å²) in [4.78, 5) is 39.3. The third kappa shape index (κ3) is 5.78. The molecule has 0 radical (unpaired) electrons. The molecular formula is C17H32N2O5. The van der Waals surface area contributed by atoms with Crippen molar-refractivity contribution in [1.82, 2.24) is 9.80 Å². The molecule has 0 aromatic carbocycles. The summed E-state index contributed by atoms with van der Waals surface area (Å²) in [6, 6.07) is -1.59. The van der Waals surface area contributed by atoms with E-state index < -0.39 is 35.1 Å². The second-order valence-corrected chi connectivity index (χ2v) is 7.88. The number of hydrogen-bond donors (Lipinski definition) is 1. The van der Waals surface area contributed by atoms with Crippen LogP contribution in [-0.2, 0) is 14.3 Å². The molecule has 0 heterocycles. The average molecular weight is 344 g/mol. The number of ketones is 1. The van der Waals surface area contributed by atoms with Gasteiger partial charge < -0.3 is 14.7 Å². The molecule has 7 heteroatoms. The molecule has 2 atom stereocenters. The standard InChI is InChI=1S/C17H32N2O5/c1-11(18(8)15(23)24-16(3,4)5)14(22)19(9)13(12(2)21)17(6,7)10-20/h11,13,20H,10H2,1-9H3/t11-,13-/m1/s1. The van der Waals surface area contributed by atoms with E-state index in [1.807, 2.05) is 0 Å². The summed E-state index contributed by atoms with van der Waals surface area (Å²) < 4.78 is 5.26. The van der Waals surface area contributed by atoms with E-state index in [1.54, 1.807) is 41.5 Å². The molecule has 0 aliphatic heterocycles. The lowest BCUT2D eigenvalue weighted by atomic mass is 9.82. The van der Waals surface area contributed by atoms with Gasteiger partial charge >= 0.3 is 6.09 Å². The fraction of sp³-hybridized carbons (Fsp3) is 0.824. The van der Waals surface area contributed by atoms with Gasteiger partial charge in [0.05, 0.1) is 12.6 Å². The van der Waals surface area contributed by atoms with Crippen LogP contribution in [0.4, 0.5) is 4.79 Å². The summed E-state index contributed by atoms with van der Waals surface area (Å²) in [6.07, 6.45) is -0.613. The topological polar surface area (TPSA) is 87.2 Å². The maximum absolute atomic E-state index is 12.7. The predicted molar refractivity (Wildman–Crippen MR) is 91.6 cm³/mol. The van der Waals surface area contributed by atoms with Crippen molar-refractivity contribution < 1.29 is 24.2 Å². The maximum atomic E-state index is 12.7. The van der Waals surface area contributed by atoms with Crippen LogP contribution in [0.2, 0.25) is 0 Å². The van der Waals surface area contributed by atoms with Crippen LogP contribution in [0, 0.1) is 5.41 Å². The molecule has 0 aliphatic carbocycles. The smallest absolute Gasteiger partial charge is 0.410 e. The van der Waals surface area contributed by atoms with Gasteiger partial charge in [0.15, 0.2) is 5.78 Å². The number of Topliss-reactive ketones (excluding diaryl/α,β-unsaturated/α-hetero) is 1. The van der Waals surface area contributed by atoms with Crippen molar-refractivity contribution in [2.75, 3.05) is 20.7 Å². The summed E-state index contributed by atoms with van der Waals surface area (Å²) >= 11 is 0. The second-order valence-electron chi connectivity index (χ2n) is 7.88. The third-order valence-corrected chi connectivity index (χ3v) is 3.89. The van der Waals surface area contributed by atoms with Gasteiger partial charge in [0.2, 0.25) is 5.91 Å². The van der Waals surface area contributed by atoms with E-state index in [9.17, 15) is 19.5 Å². The van der Waals surface area contributed by atoms with Gasteiger partial charge in [-0.1, -0.05) is 13.8 Å². The Balaban J connectivity index is 5.30. The van der Waals surface area contributed by atoms with Crippen molar-refractivity contribution in [2.24, 2.45) is 5.41 Å². The number of amides is 2. The first kappa shape index (κ1) is 22.4. The van der Waals surface area contributed by atoms with Gasteiger partial charge in [-0.3, -0.25) is 14.5 Å². The molecule has 0 rings (SSSR count). The minimum Gasteiger partial charge on any atom is -0.444 e. The lowest BCUT2D eigenvalue weighted by molar-refractivity contribution is -0.145. The highest BCUT2D eigenvalue weighted by Crippen LogP contribution is 2.25. The molecule has 7 nitrogen and oxygen atoms in total. The molecular weight excluding hydrogens is 312 g/mol. The van der Waals surface area contributed by atoms with Crippen molar-refractivity contribution in [2.45, 2.75) is 66.2 Å². The van der Waals surface area contributed by atoms with Crippen LogP contribution < -0.4 is 0 Å². The van der Waals surface area contributed by atoms with E-state index in [-0.39, 0.29) is 12.4 Å². The average Bonchev–Trinajstić information content (AvgIpc) is 2.42. The quantitative estimate of drug-likeness (QED) is 0.792. The Morgan fingerprint density at radius 3 is 1.83 bits per heavy atom. The number of nitrogens with zero attached hydrogens (tertiary/aromatic N) is 2. The van der Waals surface area contributed by atoms with E-state index in [0.717, 1.165) is 0 Å². The molecule has 1 N–H and O–H groups in total. The number of carbonyl (C=O) groups is 3. The number of aliphatic hydroxyl groups excluding tert-OH is 1. The number of likely N-dealkylation sites (N-methyl/N-ethyl adjacent to an activating group) is 2. The van der Waals surface area contributed by atoms with Crippen molar-refractivity contribution in [3.8, 4) is 0 Å². The van der Waals surface area contributed by atoms with Crippen LogP contribution in [0.15, 0.2) is 0 Å². The SMILES string of the molecule is CC(=O)[C@@H](N(C)C(=O)[C@@H](C)N(C)C(=O)OC(C)(C)C)C(C)(C)CO. The van der Waals surface area contributed by atoms with Gasteiger partial charge in [-0.2, -0.15) is 0 Å². The molecule has 0 aromatic heterocycles. The minimum absolute atomic E-state index is 0.225. The fourth-order valence-corrected chi connectivity index (χ4v) is 2.51. The molecule has 0 saturated heterocycles. The number of aliphatic hydroxyl groups is 1. The van der Waals surface area contributed by atoms with Crippen LogP contribution >= 0.6 is 0 Å². The Morgan fingerprint density at radius 2 is 1.50 bits per heavy atom. The van der Waals surface area contributed by atoms with E-state index in [2.05, 4.69) is 0 Å². The highest BCUT2D eigenvalue weighted by Gasteiger charge is 2.40. The summed E-state index contributed by atoms with van der Waals surface area (Å²) in [5, 5.41) is 9.53. The van der Waals surface area contributed by atoms with Crippen LogP contribution in [0.3, 0.4) is 0 Å². The fourth-order valence-electron chi connectivity index (χ4n) is 2.51. The van der Waals surface area contributed by atoms with Crippen molar-refractivity contribution in [1.29, 1.82) is 0 Å². The predicted octanol–water partition coefficient (Wildman–Crippen LogP) is 1.68. The number of hydrogen-bond acceptors (Lipinski definition) is 5. The zero-order valence-electron chi connectivity index (χ0n) is 16.3. The molecule has 0 saturated carbocycles. The van der Waals surface area contributed by atoms with E-state index >= 15 is 0 Å². The molecule has 0 aliphatic rings. The number of ether oxygens (including phenoxy) is 1. The Bertz CT molecular complexity index is 482. The van der Waals surface area contributed by atoms with Crippen LogP contribution in [0.25, 0.3) is 0 Å². The van der Waals surface area contributed by atoms with E-state index in [0.29, 0.717) is 0 Å². The van der Waals surface area contributed by atoms with Crippen LogP contribution in [-0.4, -0.2) is 71.1 Å². The maximum Gasteiger partial charge on any atom is 0.410 e. The van der Waals surface area contributed by atoms with Crippen molar-refractivity contribution in [3.05, 3.63) is 0 Å². The minimum atomic E-state index is -0.804. The molecule has 0 unspecified atom stereocenters. The zero-order chi connectivity index (χ0) is 19.5. The summed E-state index contributed by atoms with van der Waals surface area (Å²) in [5.74, 6) is -0.623. The highest BCUT2D eigenvalue weighted by atomic mass is 16.6. The monoisotopic (exact) mass is 344 g/mol. The van der Waals surface area contributed by atoms with Crippen LogP contribution in [0.5, 0.6) is 0 Å². The van der Waals surface area contributed by atoms with Gasteiger partial charge in [-0.25, -0.2) is 4.79 Å². The molecule has 2 amide bonds. The Labute approximate surface area is 144 Å². The first-order chi connectivity index (χ1) is 10.7. The number of carbonyl (C=O) groups excluding carboxylic acids is 3. The molecule has 24 heavy (non-hydrogen) atoms. The third-order valence-electron chi connectivity index (χ3n) is 3.89. The Kier molecular flexibility index (Phi) is 7.42. The molecule has 0 bridgehead atoms. The van der Waals surface area contributed by atoms with E-state index in [1.165, 1.54) is 30.8 Å². The summed E-state index contributed by atoms with van der Waals surface area (Å²) in [5.41, 5.74) is -1.46. The molecule has 140 valence electrons. The van der Waals surface area contributed by atoms with Crippen LogP contribution in [0.1, 0.15) is 48.5 Å². The van der Waals surface area contributed by atoms with Gasteiger partial charge in [0.25, 0.3) is 0 Å². The molecule has 0 spiro atoms. The van der Waals surface area contributed by atoms with Gasteiger partial charge in [-0.05, 0) is 34.6 Å². The van der Waals surface area contributed by atoms with Gasteiger partial charge in [0, 0.05) is 19.5 Å².